The van der Waals surface area contributed by atoms with Gasteiger partial charge in [-0.15, -0.1) is 0 Å². The summed E-state index contributed by atoms with van der Waals surface area (Å²) in [5, 5.41) is 16.2. The van der Waals surface area contributed by atoms with Gasteiger partial charge in [0.05, 0.1) is 18.3 Å². The predicted molar refractivity (Wildman–Crippen MR) is 88.3 cm³/mol. The first-order valence-electron chi connectivity index (χ1n) is 8.58. The summed E-state index contributed by atoms with van der Waals surface area (Å²) in [5.41, 5.74) is 1.97. The van der Waals surface area contributed by atoms with Crippen molar-refractivity contribution in [2.45, 2.75) is 58.5 Å². The van der Waals surface area contributed by atoms with Gasteiger partial charge in [-0.2, -0.15) is 15.3 Å². The van der Waals surface area contributed by atoms with Gasteiger partial charge in [0.2, 0.25) is 0 Å². The summed E-state index contributed by atoms with van der Waals surface area (Å²) in [7, 11) is 0. The number of nitrogens with zero attached hydrogens (tertiary/aromatic N) is 7. The van der Waals surface area contributed by atoms with E-state index in [1.54, 1.807) is 12.5 Å². The van der Waals surface area contributed by atoms with Crippen LogP contribution < -0.4 is 0 Å². The largest absolute Gasteiger partial charge is 0.282 e. The van der Waals surface area contributed by atoms with Crippen LogP contribution in [0.25, 0.3) is 11.4 Å². The molecule has 4 heterocycles. The van der Waals surface area contributed by atoms with Crippen molar-refractivity contribution in [3.63, 3.8) is 0 Å². The van der Waals surface area contributed by atoms with Gasteiger partial charge in [-0.05, 0) is 19.8 Å². The van der Waals surface area contributed by atoms with E-state index in [0.717, 1.165) is 67.5 Å². The van der Waals surface area contributed by atoms with E-state index in [4.69, 9.17) is 10.1 Å². The standard InChI is InChI=1S/C16H22N8/c1-3-4-7-23-16(12-5-6-14-17-10-19-24(14)9-12)20-15(22-23)13-8-18-21-11(13)2/h8,10,12H,3-7,9H2,1-2H3,(H,18,21). The molecule has 3 aromatic rings. The van der Waals surface area contributed by atoms with E-state index in [0.29, 0.717) is 5.92 Å². The summed E-state index contributed by atoms with van der Waals surface area (Å²) in [4.78, 5) is 9.19. The quantitative estimate of drug-likeness (QED) is 0.775. The Hall–Kier alpha value is -2.51. The third-order valence-electron chi connectivity index (χ3n) is 4.67. The first-order chi connectivity index (χ1) is 11.8. The van der Waals surface area contributed by atoms with Crippen LogP contribution in [-0.4, -0.2) is 39.7 Å². The maximum Gasteiger partial charge on any atom is 0.184 e. The van der Waals surface area contributed by atoms with Crippen molar-refractivity contribution < 1.29 is 0 Å². The minimum atomic E-state index is 0.324. The molecule has 0 amide bonds. The van der Waals surface area contributed by atoms with Gasteiger partial charge >= 0.3 is 0 Å². The molecule has 1 unspecified atom stereocenters. The Bertz CT molecular complexity index is 827. The third kappa shape index (κ3) is 2.61. The highest BCUT2D eigenvalue weighted by atomic mass is 15.4. The van der Waals surface area contributed by atoms with Crippen LogP contribution in [0, 0.1) is 6.92 Å². The lowest BCUT2D eigenvalue weighted by Gasteiger charge is -2.22. The lowest BCUT2D eigenvalue weighted by molar-refractivity contribution is 0.389. The van der Waals surface area contributed by atoms with E-state index in [2.05, 4.69) is 31.9 Å². The normalized spacial score (nSPS) is 17.2. The molecule has 0 aliphatic carbocycles. The topological polar surface area (TPSA) is 90.1 Å². The molecule has 0 aromatic carbocycles. The van der Waals surface area contributed by atoms with Crippen molar-refractivity contribution >= 4 is 0 Å². The van der Waals surface area contributed by atoms with Crippen LogP contribution >= 0.6 is 0 Å². The van der Waals surface area contributed by atoms with Crippen LogP contribution in [0.5, 0.6) is 0 Å². The van der Waals surface area contributed by atoms with Gasteiger partial charge in [0.1, 0.15) is 18.0 Å². The Morgan fingerprint density at radius 2 is 2.29 bits per heavy atom. The van der Waals surface area contributed by atoms with Crippen LogP contribution in [0.1, 0.15) is 49.4 Å². The van der Waals surface area contributed by atoms with E-state index in [1.807, 2.05) is 11.6 Å². The van der Waals surface area contributed by atoms with Gasteiger partial charge in [-0.3, -0.25) is 5.10 Å². The number of hydrogen-bond acceptors (Lipinski definition) is 5. The van der Waals surface area contributed by atoms with Gasteiger partial charge in [0.25, 0.3) is 0 Å². The number of hydrogen-bond donors (Lipinski definition) is 1. The maximum absolute atomic E-state index is 4.88. The molecule has 0 spiro atoms. The van der Waals surface area contributed by atoms with Crippen molar-refractivity contribution in [1.29, 1.82) is 0 Å². The highest BCUT2D eigenvalue weighted by Crippen LogP contribution is 2.29. The third-order valence-corrected chi connectivity index (χ3v) is 4.67. The highest BCUT2D eigenvalue weighted by Gasteiger charge is 2.27. The van der Waals surface area contributed by atoms with Crippen LogP contribution in [0.4, 0.5) is 0 Å². The SMILES string of the molecule is CCCCn1nc(-c2cn[nH]c2C)nc1C1CCc2ncnn2C1. The summed E-state index contributed by atoms with van der Waals surface area (Å²) >= 11 is 0. The molecule has 24 heavy (non-hydrogen) atoms. The fourth-order valence-corrected chi connectivity index (χ4v) is 3.27. The molecule has 126 valence electrons. The second-order valence-electron chi connectivity index (χ2n) is 6.37. The predicted octanol–water partition coefficient (Wildman–Crippen LogP) is 2.10. The van der Waals surface area contributed by atoms with E-state index >= 15 is 0 Å². The van der Waals surface area contributed by atoms with Crippen LogP contribution in [0.2, 0.25) is 0 Å². The average molecular weight is 326 g/mol. The number of H-pyrrole nitrogens is 1. The van der Waals surface area contributed by atoms with Gasteiger partial charge in [0.15, 0.2) is 5.82 Å². The molecule has 1 atom stereocenters. The monoisotopic (exact) mass is 326 g/mol. The number of rotatable bonds is 5. The Morgan fingerprint density at radius 1 is 1.38 bits per heavy atom. The van der Waals surface area contributed by atoms with E-state index in [1.165, 1.54) is 0 Å². The summed E-state index contributed by atoms with van der Waals surface area (Å²) < 4.78 is 4.08. The van der Waals surface area contributed by atoms with Crippen molar-refractivity contribution in [1.82, 2.24) is 39.7 Å². The summed E-state index contributed by atoms with van der Waals surface area (Å²) in [6, 6.07) is 0. The van der Waals surface area contributed by atoms with E-state index in [9.17, 15) is 0 Å². The lowest BCUT2D eigenvalue weighted by Crippen LogP contribution is -2.23. The molecule has 3 aromatic heterocycles. The van der Waals surface area contributed by atoms with Gasteiger partial charge < -0.3 is 0 Å². The number of nitrogens with one attached hydrogen (secondary N) is 1. The summed E-state index contributed by atoms with van der Waals surface area (Å²) in [5.74, 6) is 3.21. The molecule has 1 aliphatic heterocycles. The Balaban J connectivity index is 1.68. The first kappa shape index (κ1) is 15.0. The minimum Gasteiger partial charge on any atom is -0.282 e. The number of fused-ring (bicyclic) bond motifs is 1. The zero-order chi connectivity index (χ0) is 16.5. The molecule has 8 nitrogen and oxygen atoms in total. The Labute approximate surface area is 140 Å². The highest BCUT2D eigenvalue weighted by molar-refractivity contribution is 5.56. The number of aryl methyl sites for hydroxylation is 3. The fraction of sp³-hybridized carbons (Fsp3) is 0.562. The first-order valence-corrected chi connectivity index (χ1v) is 8.58. The molecule has 1 N–H and O–H groups in total. The van der Waals surface area contributed by atoms with E-state index in [-0.39, 0.29) is 0 Å². The van der Waals surface area contributed by atoms with Gasteiger partial charge in [0, 0.05) is 24.6 Å². The molecule has 0 fully saturated rings. The van der Waals surface area contributed by atoms with E-state index < -0.39 is 0 Å². The smallest absolute Gasteiger partial charge is 0.184 e. The zero-order valence-electron chi connectivity index (χ0n) is 14.1. The van der Waals surface area contributed by atoms with Crippen molar-refractivity contribution in [3.8, 4) is 11.4 Å². The zero-order valence-corrected chi connectivity index (χ0v) is 14.1. The Kier molecular flexibility index (Phi) is 3.87. The summed E-state index contributed by atoms with van der Waals surface area (Å²) in [6.45, 7) is 5.91. The number of unbranched alkanes of at least 4 members (excludes halogenated alkanes) is 1. The van der Waals surface area contributed by atoms with Crippen molar-refractivity contribution in [3.05, 3.63) is 29.9 Å². The average Bonchev–Trinajstić information content (AvgIpc) is 3.30. The molecule has 0 saturated carbocycles. The van der Waals surface area contributed by atoms with Crippen molar-refractivity contribution in [2.24, 2.45) is 0 Å². The molecular weight excluding hydrogens is 304 g/mol. The second-order valence-corrected chi connectivity index (χ2v) is 6.37. The lowest BCUT2D eigenvalue weighted by atomic mass is 9.99. The van der Waals surface area contributed by atoms with Crippen molar-refractivity contribution in [2.75, 3.05) is 0 Å². The second kappa shape index (κ2) is 6.18. The molecule has 0 bridgehead atoms. The minimum absolute atomic E-state index is 0.324. The fourth-order valence-electron chi connectivity index (χ4n) is 3.27. The maximum atomic E-state index is 4.88. The van der Waals surface area contributed by atoms with Gasteiger partial charge in [-0.1, -0.05) is 13.3 Å². The molecular formula is C16H22N8. The Morgan fingerprint density at radius 3 is 3.08 bits per heavy atom. The number of aromatic amines is 1. The van der Waals surface area contributed by atoms with Crippen LogP contribution in [0.15, 0.2) is 12.5 Å². The number of aromatic nitrogens is 8. The molecule has 4 rings (SSSR count). The summed E-state index contributed by atoms with van der Waals surface area (Å²) in [6.07, 6.45) is 7.65. The molecule has 8 heteroatoms. The molecule has 0 saturated heterocycles. The molecule has 0 radical (unpaired) electrons. The van der Waals surface area contributed by atoms with Gasteiger partial charge in [-0.25, -0.2) is 19.3 Å². The molecule has 1 aliphatic rings. The van der Waals surface area contributed by atoms with Crippen LogP contribution in [0.3, 0.4) is 0 Å². The van der Waals surface area contributed by atoms with Crippen LogP contribution in [-0.2, 0) is 19.5 Å².